The van der Waals surface area contributed by atoms with Crippen molar-refractivity contribution >= 4 is 33.2 Å². The van der Waals surface area contributed by atoms with E-state index in [0.29, 0.717) is 18.1 Å². The molecule has 0 spiro atoms. The minimum atomic E-state index is -1.56. The molecule has 7 heteroatoms. The molecule has 1 fully saturated rings. The molecular weight excluding hydrogens is 406 g/mol. The van der Waals surface area contributed by atoms with Crippen LogP contribution in [0.5, 0.6) is 5.75 Å². The molecule has 2 unspecified atom stereocenters. The van der Waals surface area contributed by atoms with Crippen LogP contribution in [0.2, 0.25) is 0 Å². The van der Waals surface area contributed by atoms with Gasteiger partial charge in [0, 0.05) is 16.9 Å². The van der Waals surface area contributed by atoms with Crippen molar-refractivity contribution in [3.63, 3.8) is 0 Å². The fourth-order valence-corrected chi connectivity index (χ4v) is 3.99. The van der Waals surface area contributed by atoms with Crippen LogP contribution in [0.15, 0.2) is 40.9 Å². The van der Waals surface area contributed by atoms with E-state index in [-0.39, 0.29) is 12.5 Å². The lowest BCUT2D eigenvalue weighted by molar-refractivity contribution is -0.137. The van der Waals surface area contributed by atoms with Gasteiger partial charge in [0.1, 0.15) is 5.75 Å². The largest absolute Gasteiger partial charge is 0.481 e. The molecule has 1 saturated carbocycles. The maximum absolute atomic E-state index is 12.1. The predicted molar refractivity (Wildman–Crippen MR) is 102 cm³/mol. The first-order chi connectivity index (χ1) is 12.0. The van der Waals surface area contributed by atoms with Gasteiger partial charge in [-0.3, -0.25) is 4.79 Å². The zero-order valence-corrected chi connectivity index (χ0v) is 16.4. The van der Waals surface area contributed by atoms with E-state index in [1.54, 1.807) is 12.1 Å². The Morgan fingerprint density at radius 2 is 2.12 bits per heavy atom. The molecule has 0 bridgehead atoms. The van der Waals surface area contributed by atoms with Crippen molar-refractivity contribution in [3.05, 3.63) is 40.9 Å². The first-order valence-electron chi connectivity index (χ1n) is 8.53. The number of aliphatic carboxylic acids is 1. The highest BCUT2D eigenvalue weighted by atomic mass is 79.9. The van der Waals surface area contributed by atoms with Crippen LogP contribution in [-0.2, 0) is 16.1 Å². The number of carboxylic acids is 1. The summed E-state index contributed by atoms with van der Waals surface area (Å²) in [6, 6.07) is 7.40. The highest BCUT2D eigenvalue weighted by Gasteiger charge is 2.22. The lowest BCUT2D eigenvalue weighted by Crippen LogP contribution is -2.36. The van der Waals surface area contributed by atoms with E-state index in [0.717, 1.165) is 36.6 Å². The van der Waals surface area contributed by atoms with Gasteiger partial charge in [0.25, 0.3) is 11.3 Å². The summed E-state index contributed by atoms with van der Waals surface area (Å²) in [5.74, 6) is 0.268. The summed E-state index contributed by atoms with van der Waals surface area (Å²) in [5, 5.41) is 8.62. The Labute approximate surface area is 159 Å². The Morgan fingerprint density at radius 3 is 2.84 bits per heavy atom. The van der Waals surface area contributed by atoms with Gasteiger partial charge in [-0.25, -0.2) is 4.72 Å². The summed E-state index contributed by atoms with van der Waals surface area (Å²) in [6.45, 7) is 0. The van der Waals surface area contributed by atoms with Crippen LogP contribution < -0.4 is 8.91 Å². The Bertz CT molecular complexity index is 606. The second kappa shape index (κ2) is 10.7. The molecule has 0 radical (unpaired) electrons. The highest BCUT2D eigenvalue weighted by Crippen LogP contribution is 2.26. The number of benzene rings is 1. The van der Waals surface area contributed by atoms with Crippen LogP contribution in [-0.4, -0.2) is 21.3 Å². The Balaban J connectivity index is 1.72. The maximum Gasteiger partial charge on any atom is 0.303 e. The van der Waals surface area contributed by atoms with Crippen LogP contribution in [0.4, 0.5) is 0 Å². The molecule has 0 aliphatic heterocycles. The number of carboxylic acid groups (broad SMARTS) is 1. The van der Waals surface area contributed by atoms with Gasteiger partial charge in [-0.15, -0.1) is 0 Å². The summed E-state index contributed by atoms with van der Waals surface area (Å²) >= 11 is 1.79. The SMILES string of the molecule is O=C(O)CCCC=C[C@@H]1CCCC(NS(=O)Oc2ccc(Br)cc2)C1. The van der Waals surface area contributed by atoms with Crippen molar-refractivity contribution in [1.82, 2.24) is 4.72 Å². The molecule has 5 nitrogen and oxygen atoms in total. The molecule has 2 N–H and O–H groups in total. The molecule has 138 valence electrons. The number of hydrogen-bond acceptors (Lipinski definition) is 3. The fourth-order valence-electron chi connectivity index (χ4n) is 2.91. The van der Waals surface area contributed by atoms with Gasteiger partial charge in [0.15, 0.2) is 0 Å². The van der Waals surface area contributed by atoms with Crippen LogP contribution in [0.1, 0.15) is 44.9 Å². The minimum absolute atomic E-state index is 0.165. The number of hydrogen-bond donors (Lipinski definition) is 2. The van der Waals surface area contributed by atoms with E-state index in [4.69, 9.17) is 9.29 Å². The number of halogens is 1. The predicted octanol–water partition coefficient (Wildman–Crippen LogP) is 4.37. The molecule has 0 amide bonds. The fraction of sp³-hybridized carbons (Fsp3) is 0.500. The van der Waals surface area contributed by atoms with Gasteiger partial charge in [0.05, 0.1) is 0 Å². The van der Waals surface area contributed by atoms with Gasteiger partial charge < -0.3 is 9.29 Å². The first kappa shape index (κ1) is 20.1. The second-order valence-electron chi connectivity index (χ2n) is 6.23. The molecular formula is C18H24BrNO4S. The van der Waals surface area contributed by atoms with E-state index in [9.17, 15) is 9.00 Å². The average Bonchev–Trinajstić information content (AvgIpc) is 2.57. The molecule has 1 aliphatic rings. The molecule has 3 atom stereocenters. The summed E-state index contributed by atoms with van der Waals surface area (Å²) in [4.78, 5) is 10.5. The summed E-state index contributed by atoms with van der Waals surface area (Å²) in [7, 11) is 0. The van der Waals surface area contributed by atoms with Crippen molar-refractivity contribution in [2.45, 2.75) is 51.0 Å². The Morgan fingerprint density at radius 1 is 1.36 bits per heavy atom. The van der Waals surface area contributed by atoms with Crippen LogP contribution >= 0.6 is 15.9 Å². The quantitative estimate of drug-likeness (QED) is 0.451. The van der Waals surface area contributed by atoms with Crippen LogP contribution in [0.3, 0.4) is 0 Å². The smallest absolute Gasteiger partial charge is 0.303 e. The van der Waals surface area contributed by atoms with Crippen LogP contribution in [0.25, 0.3) is 0 Å². The lowest BCUT2D eigenvalue weighted by atomic mass is 9.86. The molecule has 1 aliphatic carbocycles. The van der Waals surface area contributed by atoms with Crippen molar-refractivity contribution in [2.24, 2.45) is 5.92 Å². The average molecular weight is 430 g/mol. The normalized spacial score (nSPS) is 22.0. The van der Waals surface area contributed by atoms with E-state index in [1.807, 2.05) is 12.1 Å². The molecule has 0 heterocycles. The van der Waals surface area contributed by atoms with Gasteiger partial charge >= 0.3 is 5.97 Å². The summed E-state index contributed by atoms with van der Waals surface area (Å²) in [5.41, 5.74) is 0. The zero-order valence-electron chi connectivity index (χ0n) is 14.0. The Hall–Kier alpha value is -1.18. The number of rotatable bonds is 9. The van der Waals surface area contributed by atoms with Gasteiger partial charge in [-0.05, 0) is 62.3 Å². The molecule has 0 aromatic heterocycles. The van der Waals surface area contributed by atoms with Crippen molar-refractivity contribution in [2.75, 3.05) is 0 Å². The first-order valence-corrected chi connectivity index (χ1v) is 10.4. The number of carbonyl (C=O) groups is 1. The van der Waals surface area contributed by atoms with Gasteiger partial charge in [-0.2, -0.15) is 4.21 Å². The van der Waals surface area contributed by atoms with Gasteiger partial charge in [0.2, 0.25) is 0 Å². The van der Waals surface area contributed by atoms with E-state index in [1.165, 1.54) is 0 Å². The zero-order chi connectivity index (χ0) is 18.1. The van der Waals surface area contributed by atoms with E-state index in [2.05, 4.69) is 32.8 Å². The second-order valence-corrected chi connectivity index (χ2v) is 8.02. The van der Waals surface area contributed by atoms with Gasteiger partial charge in [-0.1, -0.05) is 34.5 Å². The third-order valence-corrected chi connectivity index (χ3v) is 5.53. The van der Waals surface area contributed by atoms with Crippen molar-refractivity contribution < 1.29 is 18.3 Å². The molecule has 25 heavy (non-hydrogen) atoms. The number of nitrogens with one attached hydrogen (secondary N) is 1. The lowest BCUT2D eigenvalue weighted by Gasteiger charge is -2.27. The number of unbranched alkanes of at least 4 members (excludes halogenated alkanes) is 1. The maximum atomic E-state index is 12.1. The van der Waals surface area contributed by atoms with E-state index >= 15 is 0 Å². The standard InChI is InChI=1S/C18H24BrNO4S/c19-15-9-11-17(12-10-15)24-25(23)20-16-7-4-6-14(13-16)5-2-1-3-8-18(21)22/h2,5,9-12,14,16,20H,1,3-4,6-8,13H2,(H,21,22)/t14-,16?,25?/m1/s1. The topological polar surface area (TPSA) is 75.6 Å². The summed E-state index contributed by atoms with van der Waals surface area (Å²) < 4.78 is 21.5. The molecule has 1 aromatic carbocycles. The highest BCUT2D eigenvalue weighted by molar-refractivity contribution is 9.10. The third kappa shape index (κ3) is 8.16. The third-order valence-electron chi connectivity index (χ3n) is 4.13. The van der Waals surface area contributed by atoms with Crippen LogP contribution in [0, 0.1) is 5.92 Å². The summed E-state index contributed by atoms with van der Waals surface area (Å²) in [6.07, 6.45) is 10.0. The monoisotopic (exact) mass is 429 g/mol. The molecule has 2 rings (SSSR count). The van der Waals surface area contributed by atoms with Crippen molar-refractivity contribution in [3.8, 4) is 5.75 Å². The van der Waals surface area contributed by atoms with Crippen molar-refractivity contribution in [1.29, 1.82) is 0 Å². The minimum Gasteiger partial charge on any atom is -0.481 e. The Kier molecular flexibility index (Phi) is 8.64. The molecule has 1 aromatic rings. The number of allylic oxidation sites excluding steroid dienone is 2. The molecule has 0 saturated heterocycles. The van der Waals surface area contributed by atoms with E-state index < -0.39 is 17.2 Å².